The second-order valence-electron chi connectivity index (χ2n) is 7.46. The van der Waals surface area contributed by atoms with E-state index in [4.69, 9.17) is 21.1 Å². The molecule has 0 amide bonds. The van der Waals surface area contributed by atoms with Crippen molar-refractivity contribution < 1.29 is 32.9 Å². The van der Waals surface area contributed by atoms with E-state index in [1.165, 1.54) is 12.8 Å². The molecule has 0 radical (unpaired) electrons. The van der Waals surface area contributed by atoms with E-state index >= 15 is 0 Å². The Balaban J connectivity index is 0.000000305. The number of benzene rings is 2. The topological polar surface area (TPSA) is 94.1 Å². The van der Waals surface area contributed by atoms with Gasteiger partial charge in [-0.1, -0.05) is 11.6 Å². The summed E-state index contributed by atoms with van der Waals surface area (Å²) in [6.07, 6.45) is -2.13. The van der Waals surface area contributed by atoms with Gasteiger partial charge < -0.3 is 24.6 Å². The summed E-state index contributed by atoms with van der Waals surface area (Å²) in [4.78, 5) is 14.3. The van der Waals surface area contributed by atoms with Gasteiger partial charge in [0.25, 0.3) is 0 Å². The molecule has 1 aromatic heterocycles. The van der Waals surface area contributed by atoms with Crippen LogP contribution in [0.25, 0.3) is 22.3 Å². The molecule has 3 N–H and O–H groups in total. The van der Waals surface area contributed by atoms with E-state index in [0.717, 1.165) is 42.9 Å². The van der Waals surface area contributed by atoms with Crippen LogP contribution in [0, 0.1) is 0 Å². The van der Waals surface area contributed by atoms with Crippen LogP contribution >= 0.6 is 11.6 Å². The minimum absolute atomic E-state index is 0.0755. The second-order valence-corrected chi connectivity index (χ2v) is 7.87. The van der Waals surface area contributed by atoms with Crippen LogP contribution in [0.2, 0.25) is 5.02 Å². The zero-order valence-corrected chi connectivity index (χ0v) is 17.7. The Morgan fingerprint density at radius 2 is 1.91 bits per heavy atom. The van der Waals surface area contributed by atoms with Crippen LogP contribution in [0.1, 0.15) is 18.4 Å². The van der Waals surface area contributed by atoms with Crippen molar-refractivity contribution in [3.05, 3.63) is 57.2 Å². The maximum Gasteiger partial charge on any atom is 0.416 e. The van der Waals surface area contributed by atoms with Crippen molar-refractivity contribution in [2.45, 2.75) is 25.1 Å². The predicted octanol–water partition coefficient (Wildman–Crippen LogP) is 4.62. The number of rotatable bonds is 2. The lowest BCUT2D eigenvalue weighted by molar-refractivity contribution is -0.137. The van der Waals surface area contributed by atoms with E-state index in [2.05, 4.69) is 11.9 Å². The van der Waals surface area contributed by atoms with Gasteiger partial charge in [0.05, 0.1) is 17.2 Å². The average Bonchev–Trinajstić information content (AvgIpc) is 3.11. The zero-order chi connectivity index (χ0) is 23.6. The third-order valence-corrected chi connectivity index (χ3v) is 5.55. The number of phenolic OH excluding ortho intramolecular Hbond substituents is 2. The van der Waals surface area contributed by atoms with Crippen molar-refractivity contribution in [2.24, 2.45) is 0 Å². The number of aliphatic hydroxyl groups excluding tert-OH is 1. The van der Waals surface area contributed by atoms with Gasteiger partial charge >= 0.3 is 6.18 Å². The summed E-state index contributed by atoms with van der Waals surface area (Å²) in [6, 6.07) is 6.16. The lowest BCUT2D eigenvalue weighted by Gasteiger charge is -2.15. The second kappa shape index (κ2) is 9.40. The summed E-state index contributed by atoms with van der Waals surface area (Å²) in [5, 5.41) is 27.5. The van der Waals surface area contributed by atoms with Crippen molar-refractivity contribution in [2.75, 3.05) is 20.2 Å². The maximum absolute atomic E-state index is 12.7. The van der Waals surface area contributed by atoms with Gasteiger partial charge in [-0.2, -0.15) is 13.2 Å². The number of aliphatic hydroxyl groups is 1. The highest BCUT2D eigenvalue weighted by Crippen LogP contribution is 2.37. The van der Waals surface area contributed by atoms with Crippen LogP contribution in [-0.4, -0.2) is 46.5 Å². The summed E-state index contributed by atoms with van der Waals surface area (Å²) in [7, 11) is 2.06. The van der Waals surface area contributed by atoms with Crippen molar-refractivity contribution in [1.29, 1.82) is 0 Å². The Labute approximate surface area is 186 Å². The van der Waals surface area contributed by atoms with Crippen LogP contribution in [0.4, 0.5) is 13.2 Å². The van der Waals surface area contributed by atoms with Gasteiger partial charge in [0, 0.05) is 29.8 Å². The highest BCUT2D eigenvalue weighted by molar-refractivity contribution is 6.33. The van der Waals surface area contributed by atoms with Crippen molar-refractivity contribution >= 4 is 22.6 Å². The number of alkyl halides is 3. The fraction of sp³-hybridized carbons (Fsp3) is 0.318. The molecule has 6 nitrogen and oxygen atoms in total. The molecule has 0 bridgehead atoms. The first-order chi connectivity index (χ1) is 15.0. The third-order valence-electron chi connectivity index (χ3n) is 5.24. The summed E-state index contributed by atoms with van der Waals surface area (Å²) in [5.74, 6) is -0.890. The standard InChI is InChI=1S/C16H8ClF3O4.C6H13NO/c17-10-3-7(16(18,19)20)1-2-9(10)13-6-12(23)15-11(22)4-8(21)5-14(15)24-13;1-7-4-2-3-6(7)5-8/h1-6,21-22H;6,8H,2-5H2,1H3. The normalized spacial score (nSPS) is 16.8. The van der Waals surface area contributed by atoms with Gasteiger partial charge in [-0.05, 0) is 44.6 Å². The lowest BCUT2D eigenvalue weighted by atomic mass is 10.1. The van der Waals surface area contributed by atoms with Crippen LogP contribution in [0.3, 0.4) is 0 Å². The first-order valence-corrected chi connectivity index (χ1v) is 10.1. The summed E-state index contributed by atoms with van der Waals surface area (Å²) < 4.78 is 43.4. The smallest absolute Gasteiger partial charge is 0.416 e. The number of fused-ring (bicyclic) bond motifs is 1. The zero-order valence-electron chi connectivity index (χ0n) is 17.0. The molecule has 3 aromatic rings. The van der Waals surface area contributed by atoms with Gasteiger partial charge in [0.1, 0.15) is 28.2 Å². The Morgan fingerprint density at radius 1 is 1.19 bits per heavy atom. The Hall–Kier alpha value is -2.75. The number of hydrogen-bond donors (Lipinski definition) is 3. The SMILES string of the molecule is CN1CCCC1CO.O=c1cc(-c2ccc(C(F)(F)F)cc2Cl)oc2cc(O)cc(O)c12. The third kappa shape index (κ3) is 5.17. The first-order valence-electron chi connectivity index (χ1n) is 9.69. The van der Waals surface area contributed by atoms with E-state index in [-0.39, 0.29) is 33.1 Å². The van der Waals surface area contributed by atoms with Crippen molar-refractivity contribution in [3.63, 3.8) is 0 Å². The molecule has 1 aliphatic heterocycles. The molecule has 4 rings (SSSR count). The van der Waals surface area contributed by atoms with E-state index in [9.17, 15) is 28.2 Å². The molecule has 2 heterocycles. The number of likely N-dealkylation sites (tertiary alicyclic amines) is 1. The number of halogens is 4. The molecule has 2 aromatic carbocycles. The minimum Gasteiger partial charge on any atom is -0.508 e. The number of likely N-dealkylation sites (N-methyl/N-ethyl adjacent to an activating group) is 1. The number of hydrogen-bond acceptors (Lipinski definition) is 6. The molecule has 172 valence electrons. The minimum atomic E-state index is -4.55. The molecule has 1 aliphatic rings. The van der Waals surface area contributed by atoms with Gasteiger partial charge in [0.2, 0.25) is 0 Å². The van der Waals surface area contributed by atoms with E-state index < -0.39 is 22.9 Å². The molecule has 0 saturated carbocycles. The molecule has 0 spiro atoms. The fourth-order valence-electron chi connectivity index (χ4n) is 3.49. The van der Waals surface area contributed by atoms with Gasteiger partial charge in [-0.15, -0.1) is 0 Å². The van der Waals surface area contributed by atoms with Crippen molar-refractivity contribution in [3.8, 4) is 22.8 Å². The highest BCUT2D eigenvalue weighted by atomic mass is 35.5. The largest absolute Gasteiger partial charge is 0.508 e. The highest BCUT2D eigenvalue weighted by Gasteiger charge is 2.31. The Morgan fingerprint density at radius 3 is 2.44 bits per heavy atom. The van der Waals surface area contributed by atoms with Crippen molar-refractivity contribution in [1.82, 2.24) is 4.90 Å². The van der Waals surface area contributed by atoms with Crippen LogP contribution in [0.15, 0.2) is 45.6 Å². The molecule has 1 fully saturated rings. The van der Waals surface area contributed by atoms with E-state index in [1.54, 1.807) is 0 Å². The summed E-state index contributed by atoms with van der Waals surface area (Å²) in [6.45, 7) is 1.49. The van der Waals surface area contributed by atoms with Gasteiger partial charge in [0.15, 0.2) is 5.43 Å². The predicted molar refractivity (Wildman–Crippen MR) is 114 cm³/mol. The summed E-state index contributed by atoms with van der Waals surface area (Å²) in [5.41, 5.74) is -1.60. The Bertz CT molecular complexity index is 1180. The molecular weight excluding hydrogens is 451 g/mol. The molecule has 1 unspecified atom stereocenters. The van der Waals surface area contributed by atoms with Crippen LogP contribution in [-0.2, 0) is 6.18 Å². The average molecular weight is 472 g/mol. The number of aromatic hydroxyl groups is 2. The fourth-order valence-corrected chi connectivity index (χ4v) is 3.76. The van der Waals surface area contributed by atoms with E-state index in [0.29, 0.717) is 12.6 Å². The van der Waals surface area contributed by atoms with Crippen LogP contribution < -0.4 is 5.43 Å². The summed E-state index contributed by atoms with van der Waals surface area (Å²) >= 11 is 5.88. The molecule has 10 heteroatoms. The van der Waals surface area contributed by atoms with E-state index in [1.807, 2.05) is 0 Å². The van der Waals surface area contributed by atoms with Crippen LogP contribution in [0.5, 0.6) is 11.5 Å². The first kappa shape index (κ1) is 23.9. The molecule has 1 saturated heterocycles. The quantitative estimate of drug-likeness (QED) is 0.505. The maximum atomic E-state index is 12.7. The molecular formula is C22H21ClF3NO5. The molecule has 0 aliphatic carbocycles. The number of nitrogens with zero attached hydrogens (tertiary/aromatic N) is 1. The van der Waals surface area contributed by atoms with Gasteiger partial charge in [-0.25, -0.2) is 0 Å². The molecule has 32 heavy (non-hydrogen) atoms. The monoisotopic (exact) mass is 471 g/mol. The lowest BCUT2D eigenvalue weighted by Crippen LogP contribution is -2.27. The number of phenols is 2. The molecule has 1 atom stereocenters. The Kier molecular flexibility index (Phi) is 7.02. The van der Waals surface area contributed by atoms with Gasteiger partial charge in [-0.3, -0.25) is 4.79 Å².